The molecule has 1 heterocycles. The van der Waals surface area contributed by atoms with E-state index < -0.39 is 45.6 Å². The molecule has 170 valence electrons. The highest BCUT2D eigenvalue weighted by Gasteiger charge is 2.37. The molecule has 3 aromatic rings. The molecular weight excluding hydrogens is 444 g/mol. The first-order chi connectivity index (χ1) is 16.2. The van der Waals surface area contributed by atoms with Gasteiger partial charge < -0.3 is 0 Å². The third-order valence-electron chi connectivity index (χ3n) is 5.29. The number of hydrogen-bond donors (Lipinski definition) is 0. The molecule has 0 radical (unpaired) electrons. The molecule has 3 aromatic carbocycles. The van der Waals surface area contributed by atoms with Gasteiger partial charge in [0.15, 0.2) is 0 Å². The van der Waals surface area contributed by atoms with Crippen molar-refractivity contribution in [3.8, 4) is 0 Å². The first-order valence-corrected chi connectivity index (χ1v) is 9.95. The van der Waals surface area contributed by atoms with Gasteiger partial charge in [0, 0.05) is 17.8 Å². The summed E-state index contributed by atoms with van der Waals surface area (Å²) in [6, 6.07) is 15.4. The molecule has 0 bridgehead atoms. The third-order valence-corrected chi connectivity index (χ3v) is 5.29. The van der Waals surface area contributed by atoms with Crippen molar-refractivity contribution in [3.63, 3.8) is 0 Å². The van der Waals surface area contributed by atoms with Gasteiger partial charge in [-0.1, -0.05) is 24.3 Å². The highest BCUT2D eigenvalue weighted by atomic mass is 16.6. The van der Waals surface area contributed by atoms with E-state index in [-0.39, 0.29) is 16.7 Å². The van der Waals surface area contributed by atoms with E-state index in [0.717, 1.165) is 33.6 Å². The number of anilines is 1. The van der Waals surface area contributed by atoms with Crippen molar-refractivity contribution in [1.29, 1.82) is 0 Å². The predicted molar refractivity (Wildman–Crippen MR) is 120 cm³/mol. The minimum absolute atomic E-state index is 0.190. The summed E-state index contributed by atoms with van der Waals surface area (Å²) >= 11 is 0. The lowest BCUT2D eigenvalue weighted by Gasteiger charge is -2.27. The van der Waals surface area contributed by atoms with Gasteiger partial charge in [0.2, 0.25) is 0 Å². The molecule has 0 saturated carbocycles. The zero-order chi connectivity index (χ0) is 24.6. The fraction of sp³-hybridized carbons (Fsp3) is 0.0870. The van der Waals surface area contributed by atoms with E-state index in [0.29, 0.717) is 5.69 Å². The Morgan fingerprint density at radius 1 is 0.853 bits per heavy atom. The van der Waals surface area contributed by atoms with Crippen LogP contribution in [0.4, 0.5) is 17.1 Å². The van der Waals surface area contributed by atoms with Crippen LogP contribution < -0.4 is 4.90 Å². The molecule has 1 aliphatic rings. The SMILES string of the molecule is Cc1cccc(N(CN2C(=O)c3ccccc3C2=O)C(=O)c2cc([N+](=O)[O-])cc([N+](=O)[O-])c2)c1. The van der Waals surface area contributed by atoms with Crippen molar-refractivity contribution in [2.24, 2.45) is 0 Å². The molecule has 0 N–H and O–H groups in total. The molecule has 0 aromatic heterocycles. The van der Waals surface area contributed by atoms with Crippen LogP contribution >= 0.6 is 0 Å². The number of hydrogen-bond acceptors (Lipinski definition) is 7. The summed E-state index contributed by atoms with van der Waals surface area (Å²) < 4.78 is 0. The third kappa shape index (κ3) is 3.97. The number of benzene rings is 3. The molecule has 34 heavy (non-hydrogen) atoms. The standard InChI is InChI=1S/C23H16N4O7/c1-14-5-4-6-16(9-14)24(13-25-22(29)19-7-2-3-8-20(19)23(25)30)21(28)15-10-17(26(31)32)12-18(11-15)27(33)34/h2-12H,13H2,1H3. The van der Waals surface area contributed by atoms with Crippen LogP contribution in [0.3, 0.4) is 0 Å². The van der Waals surface area contributed by atoms with E-state index in [1.165, 1.54) is 12.1 Å². The Morgan fingerprint density at radius 2 is 1.41 bits per heavy atom. The van der Waals surface area contributed by atoms with Crippen molar-refractivity contribution >= 4 is 34.8 Å². The van der Waals surface area contributed by atoms with Crippen molar-refractivity contribution in [2.45, 2.75) is 6.92 Å². The number of carbonyl (C=O) groups excluding carboxylic acids is 3. The Kier molecular flexibility index (Phi) is 5.60. The fourth-order valence-corrected chi connectivity index (χ4v) is 3.65. The molecule has 0 fully saturated rings. The lowest BCUT2D eigenvalue weighted by atomic mass is 10.1. The number of aryl methyl sites for hydroxylation is 1. The highest BCUT2D eigenvalue weighted by Crippen LogP contribution is 2.28. The summed E-state index contributed by atoms with van der Waals surface area (Å²) in [5.41, 5.74) is -0.160. The molecule has 0 aliphatic carbocycles. The number of amides is 3. The molecule has 11 heteroatoms. The predicted octanol–water partition coefficient (Wildman–Crippen LogP) is 3.71. The van der Waals surface area contributed by atoms with Gasteiger partial charge in [0.25, 0.3) is 29.1 Å². The second-order valence-electron chi connectivity index (χ2n) is 7.55. The van der Waals surface area contributed by atoms with Gasteiger partial charge in [-0.25, -0.2) is 0 Å². The Balaban J connectivity index is 1.79. The van der Waals surface area contributed by atoms with E-state index in [1.807, 2.05) is 0 Å². The zero-order valence-electron chi connectivity index (χ0n) is 17.7. The van der Waals surface area contributed by atoms with Crippen molar-refractivity contribution in [1.82, 2.24) is 4.90 Å². The van der Waals surface area contributed by atoms with Crippen molar-refractivity contribution in [2.75, 3.05) is 11.6 Å². The maximum absolute atomic E-state index is 13.5. The normalized spacial score (nSPS) is 12.4. The van der Waals surface area contributed by atoms with E-state index in [9.17, 15) is 34.6 Å². The number of fused-ring (bicyclic) bond motifs is 1. The van der Waals surface area contributed by atoms with Gasteiger partial charge >= 0.3 is 0 Å². The summed E-state index contributed by atoms with van der Waals surface area (Å²) in [5, 5.41) is 22.6. The first-order valence-electron chi connectivity index (χ1n) is 9.95. The largest absolute Gasteiger partial charge is 0.290 e. The van der Waals surface area contributed by atoms with E-state index in [4.69, 9.17) is 0 Å². The summed E-state index contributed by atoms with van der Waals surface area (Å²) in [5.74, 6) is -2.05. The lowest BCUT2D eigenvalue weighted by molar-refractivity contribution is -0.394. The minimum Gasteiger partial charge on any atom is -0.290 e. The number of carbonyl (C=O) groups is 3. The van der Waals surface area contributed by atoms with Gasteiger partial charge in [0.1, 0.15) is 6.67 Å². The van der Waals surface area contributed by atoms with Gasteiger partial charge in [-0.05, 0) is 36.8 Å². The summed E-state index contributed by atoms with van der Waals surface area (Å²) in [7, 11) is 0. The molecule has 11 nitrogen and oxygen atoms in total. The second kappa shape index (κ2) is 8.54. The number of imide groups is 1. The molecule has 3 amide bonds. The summed E-state index contributed by atoms with van der Waals surface area (Å²) in [6.45, 7) is 1.28. The van der Waals surface area contributed by atoms with Gasteiger partial charge in [-0.15, -0.1) is 0 Å². The van der Waals surface area contributed by atoms with Gasteiger partial charge in [-0.3, -0.25) is 44.4 Å². The van der Waals surface area contributed by atoms with Crippen LogP contribution in [-0.2, 0) is 0 Å². The average Bonchev–Trinajstić information content (AvgIpc) is 3.06. The van der Waals surface area contributed by atoms with E-state index in [2.05, 4.69) is 0 Å². The average molecular weight is 460 g/mol. The van der Waals surface area contributed by atoms with E-state index >= 15 is 0 Å². The number of non-ortho nitro benzene ring substituents is 2. The molecule has 1 aliphatic heterocycles. The summed E-state index contributed by atoms with van der Waals surface area (Å²) in [6.07, 6.45) is 0. The van der Waals surface area contributed by atoms with Crippen LogP contribution in [0.15, 0.2) is 66.7 Å². The van der Waals surface area contributed by atoms with Crippen LogP contribution in [0, 0.1) is 27.2 Å². The Labute approximate surface area is 192 Å². The summed E-state index contributed by atoms with van der Waals surface area (Å²) in [4.78, 5) is 62.1. The Hall–Kier alpha value is -4.93. The maximum Gasteiger partial charge on any atom is 0.277 e. The topological polar surface area (TPSA) is 144 Å². The monoisotopic (exact) mass is 460 g/mol. The molecule has 4 rings (SSSR count). The molecular formula is C23H16N4O7. The maximum atomic E-state index is 13.5. The number of rotatable bonds is 6. The van der Waals surface area contributed by atoms with Gasteiger partial charge in [0.05, 0.1) is 32.6 Å². The number of nitro groups is 2. The molecule has 0 unspecified atom stereocenters. The van der Waals surface area contributed by atoms with Crippen LogP contribution in [0.5, 0.6) is 0 Å². The van der Waals surface area contributed by atoms with Crippen molar-refractivity contribution in [3.05, 3.63) is 109 Å². The smallest absolute Gasteiger partial charge is 0.277 e. The Bertz CT molecular complexity index is 1320. The molecule has 0 atom stereocenters. The molecule has 0 spiro atoms. The first kappa shape index (κ1) is 22.3. The second-order valence-corrected chi connectivity index (χ2v) is 7.55. The zero-order valence-corrected chi connectivity index (χ0v) is 17.7. The van der Waals surface area contributed by atoms with Crippen molar-refractivity contribution < 1.29 is 24.2 Å². The van der Waals surface area contributed by atoms with Crippen LogP contribution in [0.1, 0.15) is 36.6 Å². The molecule has 0 saturated heterocycles. The lowest BCUT2D eigenvalue weighted by Crippen LogP contribution is -2.44. The minimum atomic E-state index is -0.853. The number of nitrogens with zero attached hydrogens (tertiary/aromatic N) is 4. The van der Waals surface area contributed by atoms with Crippen LogP contribution in [0.25, 0.3) is 0 Å². The van der Waals surface area contributed by atoms with Crippen LogP contribution in [-0.4, -0.2) is 39.1 Å². The number of nitro benzene ring substituents is 2. The van der Waals surface area contributed by atoms with Gasteiger partial charge in [-0.2, -0.15) is 0 Å². The quantitative estimate of drug-likeness (QED) is 0.310. The van der Waals surface area contributed by atoms with E-state index in [1.54, 1.807) is 43.3 Å². The fourth-order valence-electron chi connectivity index (χ4n) is 3.65. The highest BCUT2D eigenvalue weighted by molar-refractivity contribution is 6.22. The van der Waals surface area contributed by atoms with Crippen LogP contribution in [0.2, 0.25) is 0 Å². The Morgan fingerprint density at radius 3 is 1.91 bits per heavy atom.